The van der Waals surface area contributed by atoms with Crippen molar-refractivity contribution in [1.29, 1.82) is 0 Å². The van der Waals surface area contributed by atoms with E-state index in [0.29, 0.717) is 5.95 Å². The minimum Gasteiger partial charge on any atom is -0.372 e. The number of fused-ring (bicyclic) bond motifs is 1. The molecule has 0 amide bonds. The van der Waals surface area contributed by atoms with Crippen LogP contribution in [-0.4, -0.2) is 24.1 Å². The van der Waals surface area contributed by atoms with Gasteiger partial charge in [0.1, 0.15) is 10.6 Å². The second-order valence-corrected chi connectivity index (χ2v) is 3.43. The maximum atomic E-state index is 4.32. The number of aromatic nitrogens is 2. The standard InChI is InChI=1S/C8H10N4S/c1-9-6-5-3-4-13-7(5)12-8(10-2)11-6/h3-4H,1-2H3,(H2,9,10,11,12). The zero-order valence-electron chi connectivity index (χ0n) is 7.46. The number of rotatable bonds is 2. The van der Waals surface area contributed by atoms with Gasteiger partial charge < -0.3 is 10.6 Å². The second-order valence-electron chi connectivity index (χ2n) is 2.54. The lowest BCUT2D eigenvalue weighted by Gasteiger charge is -2.03. The molecule has 4 nitrogen and oxygen atoms in total. The van der Waals surface area contributed by atoms with E-state index in [4.69, 9.17) is 0 Å². The summed E-state index contributed by atoms with van der Waals surface area (Å²) in [6.07, 6.45) is 0. The van der Waals surface area contributed by atoms with Gasteiger partial charge in [-0.3, -0.25) is 0 Å². The zero-order chi connectivity index (χ0) is 9.26. The first-order valence-electron chi connectivity index (χ1n) is 3.96. The molecule has 13 heavy (non-hydrogen) atoms. The molecule has 0 bridgehead atoms. The van der Waals surface area contributed by atoms with Gasteiger partial charge in [-0.05, 0) is 11.4 Å². The SMILES string of the molecule is CNc1nc(NC)c2ccsc2n1. The first-order chi connectivity index (χ1) is 6.35. The molecule has 0 aliphatic carbocycles. The average molecular weight is 194 g/mol. The third kappa shape index (κ3) is 1.31. The molecule has 0 unspecified atom stereocenters. The molecule has 2 N–H and O–H groups in total. The first kappa shape index (κ1) is 8.25. The van der Waals surface area contributed by atoms with Gasteiger partial charge >= 0.3 is 0 Å². The highest BCUT2D eigenvalue weighted by Crippen LogP contribution is 2.25. The van der Waals surface area contributed by atoms with E-state index in [9.17, 15) is 0 Å². The van der Waals surface area contributed by atoms with Gasteiger partial charge in [0.2, 0.25) is 5.95 Å². The average Bonchev–Trinajstić information content (AvgIpc) is 2.63. The van der Waals surface area contributed by atoms with Crippen LogP contribution in [0.3, 0.4) is 0 Å². The Hall–Kier alpha value is -1.36. The Bertz CT molecular complexity index is 423. The minimum atomic E-state index is 0.652. The van der Waals surface area contributed by atoms with Crippen LogP contribution < -0.4 is 10.6 Å². The van der Waals surface area contributed by atoms with Gasteiger partial charge in [-0.15, -0.1) is 11.3 Å². The van der Waals surface area contributed by atoms with Gasteiger partial charge in [-0.1, -0.05) is 0 Å². The van der Waals surface area contributed by atoms with E-state index in [0.717, 1.165) is 16.0 Å². The van der Waals surface area contributed by atoms with Crippen molar-refractivity contribution in [2.45, 2.75) is 0 Å². The van der Waals surface area contributed by atoms with Crippen LogP contribution in [0, 0.1) is 0 Å². The second kappa shape index (κ2) is 3.18. The largest absolute Gasteiger partial charge is 0.372 e. The van der Waals surface area contributed by atoms with Crippen molar-refractivity contribution < 1.29 is 0 Å². The molecule has 2 aromatic heterocycles. The summed E-state index contributed by atoms with van der Waals surface area (Å²) in [5.41, 5.74) is 0. The van der Waals surface area contributed by atoms with Crippen molar-refractivity contribution in [3.8, 4) is 0 Å². The third-order valence-corrected chi connectivity index (χ3v) is 2.59. The van der Waals surface area contributed by atoms with Crippen LogP contribution in [0.4, 0.5) is 11.8 Å². The third-order valence-electron chi connectivity index (χ3n) is 1.79. The molecule has 5 heteroatoms. The maximum Gasteiger partial charge on any atom is 0.225 e. The lowest BCUT2D eigenvalue weighted by Crippen LogP contribution is -2.00. The summed E-state index contributed by atoms with van der Waals surface area (Å²) in [6.45, 7) is 0. The molecule has 0 aliphatic heterocycles. The highest BCUT2D eigenvalue weighted by atomic mass is 32.1. The number of thiophene rings is 1. The fourth-order valence-electron chi connectivity index (χ4n) is 1.16. The molecule has 0 aliphatic rings. The van der Waals surface area contributed by atoms with Gasteiger partial charge in [-0.25, -0.2) is 4.98 Å². The molecule has 2 heterocycles. The number of nitrogens with one attached hydrogen (secondary N) is 2. The van der Waals surface area contributed by atoms with E-state index in [1.165, 1.54) is 0 Å². The topological polar surface area (TPSA) is 49.8 Å². The number of hydrogen-bond donors (Lipinski definition) is 2. The highest BCUT2D eigenvalue weighted by Gasteiger charge is 2.05. The quantitative estimate of drug-likeness (QED) is 0.765. The Balaban J connectivity index is 2.70. The molecule has 0 atom stereocenters. The summed E-state index contributed by atoms with van der Waals surface area (Å²) in [4.78, 5) is 9.61. The number of nitrogens with zero attached hydrogens (tertiary/aromatic N) is 2. The summed E-state index contributed by atoms with van der Waals surface area (Å²) in [5.74, 6) is 1.52. The van der Waals surface area contributed by atoms with Gasteiger partial charge in [-0.2, -0.15) is 4.98 Å². The van der Waals surface area contributed by atoms with E-state index < -0.39 is 0 Å². The fraction of sp³-hybridized carbons (Fsp3) is 0.250. The Morgan fingerprint density at radius 1 is 1.23 bits per heavy atom. The molecule has 0 radical (unpaired) electrons. The Kier molecular flexibility index (Phi) is 2.02. The van der Waals surface area contributed by atoms with Crippen molar-refractivity contribution in [3.05, 3.63) is 11.4 Å². The van der Waals surface area contributed by atoms with Crippen molar-refractivity contribution >= 4 is 33.3 Å². The van der Waals surface area contributed by atoms with Crippen LogP contribution in [-0.2, 0) is 0 Å². The summed E-state index contributed by atoms with van der Waals surface area (Å²) < 4.78 is 0. The highest BCUT2D eigenvalue weighted by molar-refractivity contribution is 7.16. The lowest BCUT2D eigenvalue weighted by molar-refractivity contribution is 1.19. The number of anilines is 2. The smallest absolute Gasteiger partial charge is 0.225 e. The predicted molar refractivity (Wildman–Crippen MR) is 56.5 cm³/mol. The molecule has 2 rings (SSSR count). The van der Waals surface area contributed by atoms with Gasteiger partial charge in [0.05, 0.1) is 5.39 Å². The van der Waals surface area contributed by atoms with Crippen LogP contribution in [0.25, 0.3) is 10.2 Å². The molecular weight excluding hydrogens is 184 g/mol. The minimum absolute atomic E-state index is 0.652. The monoisotopic (exact) mass is 194 g/mol. The zero-order valence-corrected chi connectivity index (χ0v) is 8.27. The van der Waals surface area contributed by atoms with Crippen LogP contribution in [0.5, 0.6) is 0 Å². The summed E-state index contributed by atoms with van der Waals surface area (Å²) in [7, 11) is 3.67. The maximum absolute atomic E-state index is 4.32. The van der Waals surface area contributed by atoms with Crippen LogP contribution in [0.1, 0.15) is 0 Å². The van der Waals surface area contributed by atoms with Gasteiger partial charge in [0.15, 0.2) is 0 Å². The lowest BCUT2D eigenvalue weighted by atomic mass is 10.4. The Morgan fingerprint density at radius 2 is 2.08 bits per heavy atom. The van der Waals surface area contributed by atoms with E-state index in [2.05, 4.69) is 20.6 Å². The summed E-state index contributed by atoms with van der Waals surface area (Å²) in [6, 6.07) is 2.02. The number of hydrogen-bond acceptors (Lipinski definition) is 5. The predicted octanol–water partition coefficient (Wildman–Crippen LogP) is 1.77. The molecule has 68 valence electrons. The van der Waals surface area contributed by atoms with Crippen molar-refractivity contribution in [3.63, 3.8) is 0 Å². The van der Waals surface area contributed by atoms with Crippen molar-refractivity contribution in [2.75, 3.05) is 24.7 Å². The summed E-state index contributed by atoms with van der Waals surface area (Å²) >= 11 is 1.62. The van der Waals surface area contributed by atoms with Gasteiger partial charge in [0, 0.05) is 14.1 Å². The molecular formula is C8H10N4S. The fourth-order valence-corrected chi connectivity index (χ4v) is 1.92. The van der Waals surface area contributed by atoms with Crippen molar-refractivity contribution in [1.82, 2.24) is 9.97 Å². The van der Waals surface area contributed by atoms with Gasteiger partial charge in [0.25, 0.3) is 0 Å². The Morgan fingerprint density at radius 3 is 2.77 bits per heavy atom. The van der Waals surface area contributed by atoms with Crippen LogP contribution in [0.2, 0.25) is 0 Å². The van der Waals surface area contributed by atoms with E-state index in [1.54, 1.807) is 11.3 Å². The van der Waals surface area contributed by atoms with Crippen LogP contribution in [0.15, 0.2) is 11.4 Å². The summed E-state index contributed by atoms with van der Waals surface area (Å²) in [5, 5.41) is 9.06. The molecule has 0 saturated heterocycles. The van der Waals surface area contributed by atoms with E-state index >= 15 is 0 Å². The normalized spacial score (nSPS) is 10.3. The first-order valence-corrected chi connectivity index (χ1v) is 4.84. The Labute approximate surface area is 80.0 Å². The van der Waals surface area contributed by atoms with Crippen LogP contribution >= 0.6 is 11.3 Å². The van der Waals surface area contributed by atoms with E-state index in [1.807, 2.05) is 25.5 Å². The van der Waals surface area contributed by atoms with Crippen molar-refractivity contribution in [2.24, 2.45) is 0 Å². The molecule has 0 spiro atoms. The molecule has 0 aromatic carbocycles. The molecule has 0 fully saturated rings. The molecule has 0 saturated carbocycles. The van der Waals surface area contributed by atoms with E-state index in [-0.39, 0.29) is 0 Å². The molecule has 2 aromatic rings.